The average Bonchev–Trinajstić information content (AvgIpc) is 2.67. The second-order valence-electron chi connectivity index (χ2n) is 4.36. The standard InChI is InChI=1S/2C8H7N3O/c2*9-5-6-2-1-3-7(4-6)8(10)11-12/h2*1-4,12H,(H2,10,11). The molecule has 2 aromatic rings. The number of nitriles is 2. The van der Waals surface area contributed by atoms with Gasteiger partial charge in [-0.2, -0.15) is 10.5 Å². The summed E-state index contributed by atoms with van der Waals surface area (Å²) in [6.45, 7) is 0. The molecule has 0 spiro atoms. The zero-order valence-electron chi connectivity index (χ0n) is 12.5. The van der Waals surface area contributed by atoms with Gasteiger partial charge >= 0.3 is 0 Å². The van der Waals surface area contributed by atoms with Crippen molar-refractivity contribution in [3.63, 3.8) is 0 Å². The molecule has 0 atom stereocenters. The van der Waals surface area contributed by atoms with E-state index in [4.69, 9.17) is 32.4 Å². The molecule has 0 fully saturated rings. The maximum Gasteiger partial charge on any atom is 0.170 e. The van der Waals surface area contributed by atoms with Crippen LogP contribution in [0.2, 0.25) is 0 Å². The minimum Gasteiger partial charge on any atom is -0.409 e. The number of oxime groups is 2. The van der Waals surface area contributed by atoms with E-state index in [1.165, 1.54) is 0 Å². The van der Waals surface area contributed by atoms with Crippen LogP contribution >= 0.6 is 0 Å². The molecule has 0 amide bonds. The number of rotatable bonds is 2. The van der Waals surface area contributed by atoms with E-state index in [0.29, 0.717) is 22.3 Å². The van der Waals surface area contributed by atoms with Crippen LogP contribution in [0.3, 0.4) is 0 Å². The normalized spacial score (nSPS) is 10.8. The summed E-state index contributed by atoms with van der Waals surface area (Å²) in [5.41, 5.74) is 12.7. The highest BCUT2D eigenvalue weighted by molar-refractivity contribution is 5.97. The summed E-state index contributed by atoms with van der Waals surface area (Å²) in [6, 6.07) is 17.0. The summed E-state index contributed by atoms with van der Waals surface area (Å²) in [5, 5.41) is 39.3. The first-order valence-corrected chi connectivity index (χ1v) is 6.51. The van der Waals surface area contributed by atoms with Crippen molar-refractivity contribution in [3.8, 4) is 12.1 Å². The Kier molecular flexibility index (Phi) is 6.81. The van der Waals surface area contributed by atoms with Crippen molar-refractivity contribution < 1.29 is 10.4 Å². The van der Waals surface area contributed by atoms with Crippen LogP contribution in [-0.2, 0) is 0 Å². The van der Waals surface area contributed by atoms with Gasteiger partial charge in [0.05, 0.1) is 23.3 Å². The third-order valence-electron chi connectivity index (χ3n) is 2.79. The fourth-order valence-electron chi connectivity index (χ4n) is 1.61. The lowest BCUT2D eigenvalue weighted by Gasteiger charge is -1.96. The number of amidine groups is 2. The van der Waals surface area contributed by atoms with Crippen molar-refractivity contribution >= 4 is 11.7 Å². The first-order chi connectivity index (χ1) is 11.5. The summed E-state index contributed by atoms with van der Waals surface area (Å²) in [5.74, 6) is 0.0131. The van der Waals surface area contributed by atoms with Gasteiger partial charge in [0, 0.05) is 11.1 Å². The molecule has 2 aromatic carbocycles. The lowest BCUT2D eigenvalue weighted by molar-refractivity contribution is 0.318. The van der Waals surface area contributed by atoms with Crippen molar-refractivity contribution in [1.29, 1.82) is 10.5 Å². The topological polar surface area (TPSA) is 165 Å². The number of nitrogens with zero attached hydrogens (tertiary/aromatic N) is 4. The molecular weight excluding hydrogens is 308 g/mol. The van der Waals surface area contributed by atoms with Gasteiger partial charge in [0.15, 0.2) is 11.7 Å². The molecule has 0 aliphatic heterocycles. The summed E-state index contributed by atoms with van der Waals surface area (Å²) < 4.78 is 0. The van der Waals surface area contributed by atoms with E-state index in [2.05, 4.69) is 10.3 Å². The summed E-state index contributed by atoms with van der Waals surface area (Å²) >= 11 is 0. The molecule has 6 N–H and O–H groups in total. The number of nitrogens with two attached hydrogens (primary N) is 2. The van der Waals surface area contributed by atoms with Crippen LogP contribution in [0.5, 0.6) is 0 Å². The van der Waals surface area contributed by atoms with Gasteiger partial charge < -0.3 is 21.9 Å². The van der Waals surface area contributed by atoms with Crippen LogP contribution in [0, 0.1) is 22.7 Å². The Balaban J connectivity index is 0.000000240. The van der Waals surface area contributed by atoms with Crippen LogP contribution in [0.4, 0.5) is 0 Å². The summed E-state index contributed by atoms with van der Waals surface area (Å²) in [7, 11) is 0. The monoisotopic (exact) mass is 322 g/mol. The van der Waals surface area contributed by atoms with Gasteiger partial charge in [0.2, 0.25) is 0 Å². The molecule has 0 unspecified atom stereocenters. The maximum absolute atomic E-state index is 8.52. The van der Waals surface area contributed by atoms with Crippen LogP contribution in [0.25, 0.3) is 0 Å². The molecule has 8 nitrogen and oxygen atoms in total. The Labute approximate surface area is 138 Å². The van der Waals surface area contributed by atoms with E-state index >= 15 is 0 Å². The van der Waals surface area contributed by atoms with E-state index in [1.54, 1.807) is 48.5 Å². The second kappa shape index (κ2) is 9.07. The molecule has 0 bridgehead atoms. The zero-order chi connectivity index (χ0) is 17.9. The first-order valence-electron chi connectivity index (χ1n) is 6.51. The molecule has 120 valence electrons. The average molecular weight is 322 g/mol. The smallest absolute Gasteiger partial charge is 0.170 e. The first kappa shape index (κ1) is 18.0. The molecule has 0 radical (unpaired) electrons. The van der Waals surface area contributed by atoms with Crippen molar-refractivity contribution in [3.05, 3.63) is 70.8 Å². The lowest BCUT2D eigenvalue weighted by Crippen LogP contribution is -2.12. The van der Waals surface area contributed by atoms with Gasteiger partial charge in [-0.05, 0) is 24.3 Å². The Bertz CT molecular complexity index is 775. The maximum atomic E-state index is 8.52. The van der Waals surface area contributed by atoms with E-state index in [-0.39, 0.29) is 11.7 Å². The largest absolute Gasteiger partial charge is 0.409 e. The van der Waals surface area contributed by atoms with E-state index in [1.807, 2.05) is 12.1 Å². The van der Waals surface area contributed by atoms with Gasteiger partial charge in [-0.25, -0.2) is 0 Å². The van der Waals surface area contributed by atoms with Crippen molar-refractivity contribution in [1.82, 2.24) is 0 Å². The zero-order valence-corrected chi connectivity index (χ0v) is 12.5. The van der Waals surface area contributed by atoms with Crippen molar-refractivity contribution in [2.75, 3.05) is 0 Å². The van der Waals surface area contributed by atoms with Crippen LogP contribution in [0.1, 0.15) is 22.3 Å². The van der Waals surface area contributed by atoms with Gasteiger partial charge in [-0.1, -0.05) is 34.6 Å². The molecule has 0 heterocycles. The van der Waals surface area contributed by atoms with Gasteiger partial charge in [-0.15, -0.1) is 0 Å². The third-order valence-corrected chi connectivity index (χ3v) is 2.79. The molecule has 0 aliphatic rings. The Morgan fingerprint density at radius 1 is 0.792 bits per heavy atom. The second-order valence-corrected chi connectivity index (χ2v) is 4.36. The fraction of sp³-hybridized carbons (Fsp3) is 0. The highest BCUT2D eigenvalue weighted by Crippen LogP contribution is 2.03. The van der Waals surface area contributed by atoms with Crippen LogP contribution in [-0.4, -0.2) is 22.1 Å². The molecule has 0 aliphatic carbocycles. The molecule has 2 rings (SSSR count). The van der Waals surface area contributed by atoms with Crippen LogP contribution < -0.4 is 11.5 Å². The number of hydrogen-bond acceptors (Lipinski definition) is 6. The predicted molar refractivity (Wildman–Crippen MR) is 87.3 cm³/mol. The highest BCUT2D eigenvalue weighted by Gasteiger charge is 1.99. The van der Waals surface area contributed by atoms with E-state index in [9.17, 15) is 0 Å². The fourth-order valence-corrected chi connectivity index (χ4v) is 1.61. The minimum atomic E-state index is 0.00657. The van der Waals surface area contributed by atoms with Gasteiger partial charge in [0.1, 0.15) is 0 Å². The SMILES string of the molecule is N#Cc1cccc(C(N)=NO)c1.N#Cc1cccc(C(N)=NO)c1. The highest BCUT2D eigenvalue weighted by atomic mass is 16.4. The van der Waals surface area contributed by atoms with Crippen molar-refractivity contribution in [2.45, 2.75) is 0 Å². The lowest BCUT2D eigenvalue weighted by atomic mass is 10.1. The number of hydrogen-bond donors (Lipinski definition) is 4. The Hall–Kier alpha value is -4.04. The molecule has 24 heavy (non-hydrogen) atoms. The van der Waals surface area contributed by atoms with Crippen molar-refractivity contribution in [2.24, 2.45) is 21.8 Å². The molecule has 8 heteroatoms. The molecular formula is C16H14N6O2. The predicted octanol–water partition coefficient (Wildman–Crippen LogP) is 1.31. The number of benzene rings is 2. The minimum absolute atomic E-state index is 0.00657. The Morgan fingerprint density at radius 3 is 1.46 bits per heavy atom. The van der Waals surface area contributed by atoms with E-state index in [0.717, 1.165) is 0 Å². The van der Waals surface area contributed by atoms with Gasteiger partial charge in [0.25, 0.3) is 0 Å². The van der Waals surface area contributed by atoms with Gasteiger partial charge in [-0.3, -0.25) is 0 Å². The quantitative estimate of drug-likeness (QED) is 0.281. The van der Waals surface area contributed by atoms with E-state index < -0.39 is 0 Å². The van der Waals surface area contributed by atoms with Crippen LogP contribution in [0.15, 0.2) is 58.8 Å². The molecule has 0 saturated carbocycles. The molecule has 0 aromatic heterocycles. The third kappa shape index (κ3) is 5.06. The Morgan fingerprint density at radius 2 is 1.17 bits per heavy atom. The summed E-state index contributed by atoms with van der Waals surface area (Å²) in [4.78, 5) is 0. The molecule has 0 saturated heterocycles. The summed E-state index contributed by atoms with van der Waals surface area (Å²) in [6.07, 6.45) is 0.